The fraction of sp³-hybridized carbons (Fsp3) is 1.00. The molecule has 0 aromatic rings. The number of azide groups is 1. The van der Waals surface area contributed by atoms with Crippen LogP contribution in [0.2, 0.25) is 0 Å². The van der Waals surface area contributed by atoms with Crippen molar-refractivity contribution in [3.63, 3.8) is 0 Å². The Hall–Kier alpha value is -1.01. The molecule has 23 heavy (non-hydrogen) atoms. The van der Waals surface area contributed by atoms with E-state index in [2.05, 4.69) is 10.0 Å². The topological polar surface area (TPSA) is 167 Å². The van der Waals surface area contributed by atoms with Crippen molar-refractivity contribution in [3.8, 4) is 0 Å². The van der Waals surface area contributed by atoms with Gasteiger partial charge in [0.1, 0.15) is 24.4 Å². The van der Waals surface area contributed by atoms with Gasteiger partial charge in [0.2, 0.25) is 0 Å². The third kappa shape index (κ3) is 6.96. The van der Waals surface area contributed by atoms with Gasteiger partial charge in [-0.25, -0.2) is 0 Å². The van der Waals surface area contributed by atoms with E-state index in [4.69, 9.17) is 29.6 Å². The van der Waals surface area contributed by atoms with Crippen molar-refractivity contribution in [2.75, 3.05) is 46.2 Å². The molecule has 0 aromatic heterocycles. The highest BCUT2D eigenvalue weighted by Gasteiger charge is 2.43. The molecule has 0 bridgehead atoms. The van der Waals surface area contributed by atoms with Crippen LogP contribution in [0.3, 0.4) is 0 Å². The van der Waals surface area contributed by atoms with Gasteiger partial charge in [0, 0.05) is 11.5 Å². The van der Waals surface area contributed by atoms with Crippen molar-refractivity contribution in [2.24, 2.45) is 5.11 Å². The lowest BCUT2D eigenvalue weighted by Crippen LogP contribution is -2.59. The van der Waals surface area contributed by atoms with Gasteiger partial charge in [-0.1, -0.05) is 5.11 Å². The van der Waals surface area contributed by atoms with Crippen molar-refractivity contribution >= 4 is 0 Å². The Bertz CT molecular complexity index is 366. The lowest BCUT2D eigenvalue weighted by molar-refractivity contribution is -0.302. The van der Waals surface area contributed by atoms with Crippen molar-refractivity contribution < 1.29 is 39.4 Å². The summed E-state index contributed by atoms with van der Waals surface area (Å²) in [7, 11) is 0. The maximum absolute atomic E-state index is 9.73. The van der Waals surface area contributed by atoms with Crippen LogP contribution in [0.15, 0.2) is 5.11 Å². The Balaban J connectivity index is 2.09. The molecule has 4 N–H and O–H groups in total. The zero-order valence-electron chi connectivity index (χ0n) is 12.6. The number of rotatable bonds is 11. The van der Waals surface area contributed by atoms with Crippen LogP contribution in [-0.2, 0) is 18.9 Å². The molecule has 11 heteroatoms. The zero-order chi connectivity index (χ0) is 17.1. The minimum absolute atomic E-state index is 0.0847. The van der Waals surface area contributed by atoms with Gasteiger partial charge >= 0.3 is 0 Å². The summed E-state index contributed by atoms with van der Waals surface area (Å²) in [5.74, 6) is 0. The predicted octanol–water partition coefficient (Wildman–Crippen LogP) is -1.85. The van der Waals surface area contributed by atoms with Gasteiger partial charge in [-0.05, 0) is 5.53 Å². The summed E-state index contributed by atoms with van der Waals surface area (Å²) in [6.45, 7) is 1.01. The Labute approximate surface area is 133 Å². The number of hydrogen-bond donors (Lipinski definition) is 4. The first-order valence-corrected chi connectivity index (χ1v) is 7.20. The monoisotopic (exact) mass is 337 g/mol. The van der Waals surface area contributed by atoms with Gasteiger partial charge in [0.25, 0.3) is 0 Å². The molecule has 1 aliphatic rings. The summed E-state index contributed by atoms with van der Waals surface area (Å²) in [5, 5.41) is 41.2. The fourth-order valence-corrected chi connectivity index (χ4v) is 1.90. The van der Waals surface area contributed by atoms with E-state index in [1.54, 1.807) is 0 Å². The average molecular weight is 337 g/mol. The lowest BCUT2D eigenvalue weighted by Gasteiger charge is -2.39. The van der Waals surface area contributed by atoms with Crippen molar-refractivity contribution in [3.05, 3.63) is 10.4 Å². The van der Waals surface area contributed by atoms with Crippen LogP contribution in [0.25, 0.3) is 10.4 Å². The minimum Gasteiger partial charge on any atom is -0.394 e. The first kappa shape index (κ1) is 20.0. The molecule has 0 amide bonds. The molecule has 11 nitrogen and oxygen atoms in total. The van der Waals surface area contributed by atoms with E-state index in [1.165, 1.54) is 0 Å². The molecular formula is C12H23N3O8. The molecule has 0 radical (unpaired) electrons. The highest BCUT2D eigenvalue weighted by molar-refractivity contribution is 4.88. The normalized spacial score (nSPS) is 30.9. The average Bonchev–Trinajstić information content (AvgIpc) is 2.56. The van der Waals surface area contributed by atoms with E-state index >= 15 is 0 Å². The molecule has 0 spiro atoms. The maximum atomic E-state index is 9.73. The highest BCUT2D eigenvalue weighted by atomic mass is 16.7. The quantitative estimate of drug-likeness (QED) is 0.147. The molecule has 1 rings (SSSR count). The van der Waals surface area contributed by atoms with Gasteiger partial charge in [-0.2, -0.15) is 0 Å². The maximum Gasteiger partial charge on any atom is 0.186 e. The second-order valence-electron chi connectivity index (χ2n) is 4.75. The number of ether oxygens (including phenoxy) is 4. The van der Waals surface area contributed by atoms with Crippen LogP contribution < -0.4 is 0 Å². The summed E-state index contributed by atoms with van der Waals surface area (Å²) in [4.78, 5) is 2.58. The molecule has 1 saturated heterocycles. The van der Waals surface area contributed by atoms with Crippen LogP contribution in [0.5, 0.6) is 0 Å². The molecule has 1 fully saturated rings. The van der Waals surface area contributed by atoms with Gasteiger partial charge < -0.3 is 39.4 Å². The summed E-state index contributed by atoms with van der Waals surface area (Å²) >= 11 is 0. The van der Waals surface area contributed by atoms with Gasteiger partial charge in [0.05, 0.1) is 39.6 Å². The Kier molecular flexibility index (Phi) is 10.0. The molecule has 2 unspecified atom stereocenters. The largest absolute Gasteiger partial charge is 0.394 e. The second-order valence-corrected chi connectivity index (χ2v) is 4.75. The van der Waals surface area contributed by atoms with E-state index in [0.717, 1.165) is 0 Å². The number of nitrogens with zero attached hydrogens (tertiary/aromatic N) is 3. The lowest BCUT2D eigenvalue weighted by atomic mass is 9.99. The van der Waals surface area contributed by atoms with E-state index < -0.39 is 37.3 Å². The first-order valence-electron chi connectivity index (χ1n) is 7.20. The number of aliphatic hydroxyl groups is 4. The second kappa shape index (κ2) is 11.5. The van der Waals surface area contributed by atoms with Crippen LogP contribution >= 0.6 is 0 Å². The molecular weight excluding hydrogens is 314 g/mol. The molecule has 0 saturated carbocycles. The van der Waals surface area contributed by atoms with Crippen LogP contribution in [0.1, 0.15) is 0 Å². The smallest absolute Gasteiger partial charge is 0.186 e. The van der Waals surface area contributed by atoms with Crippen molar-refractivity contribution in [2.45, 2.75) is 30.7 Å². The number of aliphatic hydroxyl groups excluding tert-OH is 4. The van der Waals surface area contributed by atoms with Gasteiger partial charge in [0.15, 0.2) is 6.29 Å². The Morgan fingerprint density at radius 2 is 1.61 bits per heavy atom. The first-order chi connectivity index (χ1) is 11.1. The van der Waals surface area contributed by atoms with Crippen LogP contribution in [0, 0.1) is 0 Å². The molecule has 1 heterocycles. The molecule has 0 aromatic carbocycles. The standard InChI is InChI=1S/C12H23N3O8/c13-15-14-1-2-20-3-4-21-5-6-22-12-11(19)10(18)9(17)8(7-16)23-12/h8-12,16-19H,1-7H2/t8?,9-,10+,11?,12-/m1/s1. The van der Waals surface area contributed by atoms with Gasteiger partial charge in [-0.3, -0.25) is 0 Å². The minimum atomic E-state index is -1.46. The fourth-order valence-electron chi connectivity index (χ4n) is 1.90. The number of hydrogen-bond acceptors (Lipinski definition) is 9. The molecule has 134 valence electrons. The molecule has 5 atom stereocenters. The van der Waals surface area contributed by atoms with E-state index in [-0.39, 0.29) is 19.8 Å². The summed E-state index contributed by atoms with van der Waals surface area (Å²) in [6.07, 6.45) is -6.44. The zero-order valence-corrected chi connectivity index (χ0v) is 12.6. The SMILES string of the molecule is [N-]=[N+]=NCCOCCOCCO[C@@H]1OC(CO)[C@@H](O)[C@H](O)C1O. The Morgan fingerprint density at radius 3 is 2.26 bits per heavy atom. The summed E-state index contributed by atoms with van der Waals surface area (Å²) in [5.41, 5.74) is 8.05. The van der Waals surface area contributed by atoms with Crippen LogP contribution in [-0.4, -0.2) is 97.3 Å². The van der Waals surface area contributed by atoms with E-state index in [9.17, 15) is 15.3 Å². The van der Waals surface area contributed by atoms with Crippen molar-refractivity contribution in [1.29, 1.82) is 0 Å². The van der Waals surface area contributed by atoms with E-state index in [1.807, 2.05) is 0 Å². The highest BCUT2D eigenvalue weighted by Crippen LogP contribution is 2.21. The predicted molar refractivity (Wildman–Crippen MR) is 75.4 cm³/mol. The third-order valence-corrected chi connectivity index (χ3v) is 3.13. The van der Waals surface area contributed by atoms with Gasteiger partial charge in [-0.15, -0.1) is 0 Å². The van der Waals surface area contributed by atoms with Crippen molar-refractivity contribution in [1.82, 2.24) is 0 Å². The summed E-state index contributed by atoms with van der Waals surface area (Å²) in [6, 6.07) is 0. The molecule has 0 aliphatic carbocycles. The molecule has 1 aliphatic heterocycles. The Morgan fingerprint density at radius 1 is 0.957 bits per heavy atom. The van der Waals surface area contributed by atoms with E-state index in [0.29, 0.717) is 19.8 Å². The van der Waals surface area contributed by atoms with Crippen LogP contribution in [0.4, 0.5) is 0 Å². The summed E-state index contributed by atoms with van der Waals surface area (Å²) < 4.78 is 20.7. The third-order valence-electron chi connectivity index (χ3n) is 3.13.